The molecule has 1 aliphatic rings. The number of carbonyl (C=O) groups is 1. The fourth-order valence-corrected chi connectivity index (χ4v) is 5.16. The molecule has 1 aromatic heterocycles. The molecule has 8 heteroatoms. The third kappa shape index (κ3) is 3.34. The Labute approximate surface area is 134 Å². The first-order chi connectivity index (χ1) is 10.1. The molecule has 1 aliphatic heterocycles. The SMILES string of the molecule is CCC(C)(C)OC1CN(S(=O)(=O)c2cc(C)c(C(=O)O)s2)C1. The van der Waals surface area contributed by atoms with Crippen LogP contribution in [0.5, 0.6) is 0 Å². The highest BCUT2D eigenvalue weighted by atomic mass is 32.2. The topological polar surface area (TPSA) is 83.9 Å². The molecule has 124 valence electrons. The van der Waals surface area contributed by atoms with Crippen LogP contribution in [0.15, 0.2) is 10.3 Å². The van der Waals surface area contributed by atoms with Gasteiger partial charge in [-0.1, -0.05) is 6.92 Å². The van der Waals surface area contributed by atoms with Gasteiger partial charge in [-0.25, -0.2) is 13.2 Å². The van der Waals surface area contributed by atoms with E-state index in [0.717, 1.165) is 17.8 Å². The Balaban J connectivity index is 2.08. The lowest BCUT2D eigenvalue weighted by Crippen LogP contribution is -2.56. The molecule has 2 rings (SSSR count). The number of nitrogens with zero attached hydrogens (tertiary/aromatic N) is 1. The molecule has 0 aliphatic carbocycles. The minimum atomic E-state index is -3.62. The number of ether oxygens (including phenoxy) is 1. The van der Waals surface area contributed by atoms with Crippen LogP contribution in [0.3, 0.4) is 0 Å². The first-order valence-electron chi connectivity index (χ1n) is 7.08. The Morgan fingerprint density at radius 3 is 2.55 bits per heavy atom. The van der Waals surface area contributed by atoms with Crippen molar-refractivity contribution in [2.45, 2.75) is 50.0 Å². The minimum absolute atomic E-state index is 0.0685. The molecule has 2 heterocycles. The molecule has 0 atom stereocenters. The Bertz CT molecular complexity index is 671. The van der Waals surface area contributed by atoms with Crippen molar-refractivity contribution in [2.24, 2.45) is 0 Å². The highest BCUT2D eigenvalue weighted by molar-refractivity contribution is 7.91. The largest absolute Gasteiger partial charge is 0.477 e. The predicted octanol–water partition coefficient (Wildman–Crippen LogP) is 2.33. The van der Waals surface area contributed by atoms with E-state index in [1.165, 1.54) is 10.4 Å². The molecule has 0 saturated carbocycles. The first-order valence-corrected chi connectivity index (χ1v) is 9.34. The lowest BCUT2D eigenvalue weighted by Gasteiger charge is -2.41. The number of hydrogen-bond donors (Lipinski definition) is 1. The smallest absolute Gasteiger partial charge is 0.346 e. The van der Waals surface area contributed by atoms with Gasteiger partial charge in [0.15, 0.2) is 0 Å². The average molecular weight is 347 g/mol. The van der Waals surface area contributed by atoms with Crippen LogP contribution in [0.2, 0.25) is 0 Å². The molecule has 6 nitrogen and oxygen atoms in total. The molecule has 1 saturated heterocycles. The quantitative estimate of drug-likeness (QED) is 0.854. The lowest BCUT2D eigenvalue weighted by molar-refractivity contribution is -0.113. The summed E-state index contributed by atoms with van der Waals surface area (Å²) in [5.41, 5.74) is 0.202. The minimum Gasteiger partial charge on any atom is -0.477 e. The van der Waals surface area contributed by atoms with Crippen molar-refractivity contribution in [3.8, 4) is 0 Å². The maximum absolute atomic E-state index is 12.5. The van der Waals surface area contributed by atoms with Crippen LogP contribution in [0.4, 0.5) is 0 Å². The Kier molecular flexibility index (Phi) is 4.68. The van der Waals surface area contributed by atoms with E-state index in [9.17, 15) is 13.2 Å². The monoisotopic (exact) mass is 347 g/mol. The Morgan fingerprint density at radius 2 is 2.09 bits per heavy atom. The predicted molar refractivity (Wildman–Crippen MR) is 84.0 cm³/mol. The molecular formula is C14H21NO5S2. The summed E-state index contributed by atoms with van der Waals surface area (Å²) in [7, 11) is -3.62. The van der Waals surface area contributed by atoms with Crippen LogP contribution in [-0.4, -0.2) is 48.6 Å². The van der Waals surface area contributed by atoms with Crippen LogP contribution in [0, 0.1) is 6.92 Å². The standard InChI is InChI=1S/C14H21NO5S2/c1-5-14(3,4)20-10-7-15(8-10)22(18,19)11-6-9(2)12(21-11)13(16)17/h6,10H,5,7-8H2,1-4H3,(H,16,17). The summed E-state index contributed by atoms with van der Waals surface area (Å²) < 4.78 is 32.2. The van der Waals surface area contributed by atoms with E-state index in [0.29, 0.717) is 18.7 Å². The second kappa shape index (κ2) is 5.92. The van der Waals surface area contributed by atoms with E-state index in [2.05, 4.69) is 0 Å². The summed E-state index contributed by atoms with van der Waals surface area (Å²) in [6, 6.07) is 1.42. The number of hydrogen-bond acceptors (Lipinski definition) is 5. The summed E-state index contributed by atoms with van der Waals surface area (Å²) in [4.78, 5) is 11.1. The van der Waals surface area contributed by atoms with Crippen molar-refractivity contribution in [3.63, 3.8) is 0 Å². The van der Waals surface area contributed by atoms with Gasteiger partial charge in [-0.2, -0.15) is 4.31 Å². The molecule has 1 aromatic rings. The fraction of sp³-hybridized carbons (Fsp3) is 0.643. The summed E-state index contributed by atoms with van der Waals surface area (Å²) in [5, 5.41) is 9.03. The second-order valence-corrected chi connectivity index (χ2v) is 9.27. The summed E-state index contributed by atoms with van der Waals surface area (Å²) in [5.74, 6) is -1.10. The van der Waals surface area contributed by atoms with Crippen molar-refractivity contribution in [1.29, 1.82) is 0 Å². The molecule has 0 amide bonds. The van der Waals surface area contributed by atoms with Crippen molar-refractivity contribution < 1.29 is 23.1 Å². The van der Waals surface area contributed by atoms with Crippen molar-refractivity contribution in [2.75, 3.05) is 13.1 Å². The van der Waals surface area contributed by atoms with E-state index >= 15 is 0 Å². The molecule has 0 spiro atoms. The van der Waals surface area contributed by atoms with Gasteiger partial charge in [0.1, 0.15) is 9.09 Å². The number of aryl methyl sites for hydroxylation is 1. The van der Waals surface area contributed by atoms with E-state index in [4.69, 9.17) is 9.84 Å². The fourth-order valence-electron chi connectivity index (χ4n) is 2.13. The van der Waals surface area contributed by atoms with Crippen LogP contribution < -0.4 is 0 Å². The summed E-state index contributed by atoms with van der Waals surface area (Å²) in [6.07, 6.45) is 0.743. The Hall–Kier alpha value is -0.960. The number of sulfonamides is 1. The van der Waals surface area contributed by atoms with Crippen LogP contribution >= 0.6 is 11.3 Å². The van der Waals surface area contributed by atoms with E-state index in [-0.39, 0.29) is 20.8 Å². The molecule has 0 bridgehead atoms. The molecule has 1 N–H and O–H groups in total. The zero-order valence-corrected chi connectivity index (χ0v) is 14.8. The van der Waals surface area contributed by atoms with Gasteiger partial charge in [0, 0.05) is 13.1 Å². The van der Waals surface area contributed by atoms with E-state index in [1.807, 2.05) is 20.8 Å². The summed E-state index contributed by atoms with van der Waals surface area (Å²) in [6.45, 7) is 8.20. The zero-order chi connectivity index (χ0) is 16.7. The van der Waals surface area contributed by atoms with Crippen molar-refractivity contribution in [3.05, 3.63) is 16.5 Å². The third-order valence-electron chi connectivity index (χ3n) is 3.84. The highest BCUT2D eigenvalue weighted by Gasteiger charge is 2.40. The van der Waals surface area contributed by atoms with Crippen molar-refractivity contribution >= 4 is 27.3 Å². The van der Waals surface area contributed by atoms with Crippen LogP contribution in [-0.2, 0) is 14.8 Å². The number of thiophene rings is 1. The third-order valence-corrected chi connectivity index (χ3v) is 7.34. The number of carboxylic acid groups (broad SMARTS) is 1. The Morgan fingerprint density at radius 1 is 1.50 bits per heavy atom. The highest BCUT2D eigenvalue weighted by Crippen LogP contribution is 2.32. The van der Waals surface area contributed by atoms with Gasteiger partial charge < -0.3 is 9.84 Å². The van der Waals surface area contributed by atoms with E-state index in [1.54, 1.807) is 6.92 Å². The maximum Gasteiger partial charge on any atom is 0.346 e. The molecule has 1 fully saturated rings. The lowest BCUT2D eigenvalue weighted by atomic mass is 10.1. The molecule has 0 unspecified atom stereocenters. The van der Waals surface area contributed by atoms with Gasteiger partial charge in [0.2, 0.25) is 0 Å². The van der Waals surface area contributed by atoms with Gasteiger partial charge in [-0.3, -0.25) is 0 Å². The second-order valence-electron chi connectivity index (χ2n) is 6.06. The number of carboxylic acids is 1. The first kappa shape index (κ1) is 17.4. The normalized spacial score (nSPS) is 17.5. The van der Waals surface area contributed by atoms with E-state index < -0.39 is 16.0 Å². The van der Waals surface area contributed by atoms with Crippen molar-refractivity contribution in [1.82, 2.24) is 4.31 Å². The number of aromatic carboxylic acids is 1. The van der Waals surface area contributed by atoms with Gasteiger partial charge in [0.25, 0.3) is 10.0 Å². The maximum atomic E-state index is 12.5. The van der Waals surface area contributed by atoms with Gasteiger partial charge in [-0.15, -0.1) is 11.3 Å². The molecule has 22 heavy (non-hydrogen) atoms. The summed E-state index contributed by atoms with van der Waals surface area (Å²) >= 11 is 0.801. The molecular weight excluding hydrogens is 326 g/mol. The number of rotatable bonds is 6. The molecule has 0 aromatic carbocycles. The van der Waals surface area contributed by atoms with Crippen LogP contribution in [0.1, 0.15) is 42.4 Å². The zero-order valence-electron chi connectivity index (χ0n) is 13.1. The van der Waals surface area contributed by atoms with Gasteiger partial charge in [0.05, 0.1) is 11.7 Å². The van der Waals surface area contributed by atoms with Gasteiger partial charge >= 0.3 is 5.97 Å². The molecule has 0 radical (unpaired) electrons. The average Bonchev–Trinajstić information content (AvgIpc) is 2.76. The van der Waals surface area contributed by atoms with Gasteiger partial charge in [-0.05, 0) is 38.8 Å². The van der Waals surface area contributed by atoms with Crippen LogP contribution in [0.25, 0.3) is 0 Å².